The third-order valence-corrected chi connectivity index (χ3v) is 9.24. The van der Waals surface area contributed by atoms with Crippen LogP contribution in [0.2, 0.25) is 5.02 Å². The van der Waals surface area contributed by atoms with Crippen molar-refractivity contribution in [3.63, 3.8) is 0 Å². The minimum atomic E-state index is -0.609. The van der Waals surface area contributed by atoms with E-state index in [0.29, 0.717) is 32.1 Å². The van der Waals surface area contributed by atoms with Crippen LogP contribution >= 0.6 is 46.7 Å². The molecule has 232 valence electrons. The second kappa shape index (κ2) is 16.2. The largest absolute Gasteiger partial charge is 0.321 e. The van der Waals surface area contributed by atoms with Crippen molar-refractivity contribution in [2.24, 2.45) is 0 Å². The Hall–Kier alpha value is -4.42. The van der Waals surface area contributed by atoms with Gasteiger partial charge in [-0.25, -0.2) is 0 Å². The molecule has 0 aliphatic carbocycles. The second-order valence-electron chi connectivity index (χ2n) is 9.63. The first-order valence-electron chi connectivity index (χ1n) is 14.1. The summed E-state index contributed by atoms with van der Waals surface area (Å²) in [6, 6.07) is 32.2. The first-order chi connectivity index (χ1) is 22.4. The Balaban J connectivity index is 1.36. The minimum Gasteiger partial charge on any atom is -0.321 e. The minimum absolute atomic E-state index is 0.0355. The molecule has 0 bridgehead atoms. The molecule has 1 aromatic heterocycles. The number of rotatable bonds is 12. The predicted octanol–water partition coefficient (Wildman–Crippen LogP) is 8.19. The predicted molar refractivity (Wildman–Crippen MR) is 188 cm³/mol. The molecule has 46 heavy (non-hydrogen) atoms. The molecule has 8 nitrogen and oxygen atoms in total. The Kier molecular flexibility index (Phi) is 11.6. The van der Waals surface area contributed by atoms with Crippen molar-refractivity contribution in [3.8, 4) is 0 Å². The number of carbonyl (C=O) groups excluding carboxylic acids is 3. The number of carbonyl (C=O) groups is 3. The van der Waals surface area contributed by atoms with Gasteiger partial charge in [0.2, 0.25) is 16.2 Å². The second-order valence-corrected chi connectivity index (χ2v) is 13.2. The third-order valence-electron chi connectivity index (χ3n) is 6.29. The smallest absolute Gasteiger partial charge is 0.272 e. The molecule has 3 amide bonds. The molecule has 0 aliphatic rings. The lowest BCUT2D eigenvalue weighted by atomic mass is 10.1. The van der Waals surface area contributed by atoms with Gasteiger partial charge in [0.05, 0.1) is 0 Å². The molecule has 3 N–H and O–H groups in total. The van der Waals surface area contributed by atoms with Crippen molar-refractivity contribution >= 4 is 81.3 Å². The lowest BCUT2D eigenvalue weighted by molar-refractivity contribution is -0.116. The number of thioether (sulfide) groups is 2. The molecule has 0 fully saturated rings. The zero-order chi connectivity index (χ0) is 32.3. The molecule has 4 aromatic carbocycles. The molecule has 0 aliphatic heterocycles. The van der Waals surface area contributed by atoms with Crippen LogP contribution in [0.5, 0.6) is 0 Å². The average Bonchev–Trinajstić information content (AvgIpc) is 3.51. The van der Waals surface area contributed by atoms with Crippen LogP contribution in [0.3, 0.4) is 0 Å². The summed E-state index contributed by atoms with van der Waals surface area (Å²) >= 11 is 10.2. The molecule has 0 radical (unpaired) electrons. The van der Waals surface area contributed by atoms with Gasteiger partial charge in [-0.2, -0.15) is 9.36 Å². The van der Waals surface area contributed by atoms with E-state index in [1.807, 2.05) is 49.4 Å². The molecule has 5 rings (SSSR count). The van der Waals surface area contributed by atoms with Gasteiger partial charge in [-0.15, -0.1) is 11.8 Å². The van der Waals surface area contributed by atoms with Crippen molar-refractivity contribution < 1.29 is 14.4 Å². The molecule has 0 spiro atoms. The Morgan fingerprint density at radius 2 is 1.63 bits per heavy atom. The van der Waals surface area contributed by atoms with E-state index in [9.17, 15) is 14.4 Å². The Morgan fingerprint density at radius 3 is 2.37 bits per heavy atom. The van der Waals surface area contributed by atoms with E-state index in [2.05, 4.69) is 25.3 Å². The van der Waals surface area contributed by atoms with Crippen molar-refractivity contribution in [3.05, 3.63) is 137 Å². The van der Waals surface area contributed by atoms with Gasteiger partial charge in [0.15, 0.2) is 0 Å². The first kappa shape index (κ1) is 33.0. The van der Waals surface area contributed by atoms with Crippen molar-refractivity contribution in [2.45, 2.75) is 22.2 Å². The summed E-state index contributed by atoms with van der Waals surface area (Å²) in [5, 5.41) is 9.46. The van der Waals surface area contributed by atoms with Crippen LogP contribution in [0.1, 0.15) is 33.7 Å². The summed E-state index contributed by atoms with van der Waals surface area (Å²) < 4.78 is 4.29. The number of benzene rings is 4. The number of hydrogen-bond donors (Lipinski definition) is 3. The van der Waals surface area contributed by atoms with Crippen molar-refractivity contribution in [2.75, 3.05) is 16.4 Å². The number of nitrogens with zero attached hydrogens (tertiary/aromatic N) is 2. The fourth-order valence-electron chi connectivity index (χ4n) is 4.21. The first-order valence-corrected chi connectivity index (χ1v) is 17.1. The summed E-state index contributed by atoms with van der Waals surface area (Å²) in [6.45, 7) is 2.01. The van der Waals surface area contributed by atoms with Gasteiger partial charge in [-0.05, 0) is 65.4 Å². The maximum absolute atomic E-state index is 13.6. The lowest BCUT2D eigenvalue weighted by Crippen LogP contribution is -2.30. The molecule has 5 aromatic rings. The van der Waals surface area contributed by atoms with Crippen molar-refractivity contribution in [1.29, 1.82) is 0 Å². The van der Waals surface area contributed by atoms with E-state index in [1.54, 1.807) is 72.8 Å². The number of anilines is 2. The summed E-state index contributed by atoms with van der Waals surface area (Å²) in [5.41, 5.74) is 2.38. The van der Waals surface area contributed by atoms with Gasteiger partial charge in [0.1, 0.15) is 10.9 Å². The Morgan fingerprint density at radius 1 is 0.891 bits per heavy atom. The Labute approximate surface area is 284 Å². The molecule has 1 atom stereocenters. The number of halogens is 1. The lowest BCUT2D eigenvalue weighted by Gasteiger charge is -2.17. The maximum Gasteiger partial charge on any atom is 0.272 e. The monoisotopic (exact) mass is 685 g/mol. The SMILES string of the molecule is CCSc1nsc(NC(=O)C(Sc2cccc(NC(=O)/C(=C/c3cccc(Cl)c3)NC(=O)c3ccccc3)c2)c2ccccc2)n1. The number of amides is 3. The van der Waals surface area contributed by atoms with E-state index < -0.39 is 17.1 Å². The van der Waals surface area contributed by atoms with Crippen LogP contribution in [-0.4, -0.2) is 32.8 Å². The van der Waals surface area contributed by atoms with Crippen LogP contribution in [0.4, 0.5) is 10.8 Å². The van der Waals surface area contributed by atoms with Gasteiger partial charge in [0, 0.05) is 32.7 Å². The van der Waals surface area contributed by atoms with E-state index in [1.165, 1.54) is 23.5 Å². The fraction of sp³-hybridized carbons (Fsp3) is 0.0882. The molecule has 1 heterocycles. The zero-order valence-corrected chi connectivity index (χ0v) is 27.7. The van der Waals surface area contributed by atoms with Crippen LogP contribution in [-0.2, 0) is 9.59 Å². The van der Waals surface area contributed by atoms with Crippen LogP contribution in [0, 0.1) is 0 Å². The zero-order valence-electron chi connectivity index (χ0n) is 24.5. The fourth-order valence-corrected chi connectivity index (χ4v) is 6.76. The Bertz CT molecular complexity index is 1850. The van der Waals surface area contributed by atoms with E-state index in [4.69, 9.17) is 11.6 Å². The number of aromatic nitrogens is 2. The van der Waals surface area contributed by atoms with E-state index in [0.717, 1.165) is 27.7 Å². The molecular formula is C34H28ClN5O3S3. The van der Waals surface area contributed by atoms with Crippen LogP contribution < -0.4 is 16.0 Å². The highest BCUT2D eigenvalue weighted by Crippen LogP contribution is 2.37. The highest BCUT2D eigenvalue weighted by molar-refractivity contribution is 8.00. The summed E-state index contributed by atoms with van der Waals surface area (Å²) in [5.74, 6) is -0.372. The summed E-state index contributed by atoms with van der Waals surface area (Å²) in [6.07, 6.45) is 1.56. The normalized spacial score (nSPS) is 11.8. The highest BCUT2D eigenvalue weighted by Gasteiger charge is 2.24. The molecular weight excluding hydrogens is 658 g/mol. The van der Waals surface area contributed by atoms with Gasteiger partial charge < -0.3 is 10.6 Å². The van der Waals surface area contributed by atoms with E-state index >= 15 is 0 Å². The average molecular weight is 686 g/mol. The van der Waals surface area contributed by atoms with Crippen LogP contribution in [0.15, 0.2) is 125 Å². The quantitative estimate of drug-likeness (QED) is 0.0897. The standard InChI is InChI=1S/C34H28ClN5O3S3/c1-2-44-34-39-33(46-40-34)38-32(43)29(23-12-5-3-6-13-23)45-27-18-10-17-26(21-27)36-31(42)28(20-22-11-9-16-25(35)19-22)37-30(41)24-14-7-4-8-15-24/h3-21,29H,2H2,1H3,(H,36,42)(H,37,41)(H,38,39,40,43)/b28-20-. The number of hydrogen-bond acceptors (Lipinski definition) is 8. The number of nitrogens with one attached hydrogen (secondary N) is 3. The molecule has 0 saturated heterocycles. The molecule has 12 heteroatoms. The van der Waals surface area contributed by atoms with Gasteiger partial charge in [-0.3, -0.25) is 19.7 Å². The maximum atomic E-state index is 13.6. The van der Waals surface area contributed by atoms with Gasteiger partial charge >= 0.3 is 0 Å². The van der Waals surface area contributed by atoms with Gasteiger partial charge in [-0.1, -0.05) is 97.0 Å². The topological polar surface area (TPSA) is 113 Å². The molecule has 0 saturated carbocycles. The van der Waals surface area contributed by atoms with E-state index in [-0.39, 0.29) is 11.6 Å². The molecule has 1 unspecified atom stereocenters. The highest BCUT2D eigenvalue weighted by atomic mass is 35.5. The van der Waals surface area contributed by atoms with Crippen molar-refractivity contribution in [1.82, 2.24) is 14.7 Å². The summed E-state index contributed by atoms with van der Waals surface area (Å²) in [4.78, 5) is 45.2. The van der Waals surface area contributed by atoms with Crippen LogP contribution in [0.25, 0.3) is 6.08 Å². The summed E-state index contributed by atoms with van der Waals surface area (Å²) in [7, 11) is 0. The third kappa shape index (κ3) is 9.30. The van der Waals surface area contributed by atoms with Gasteiger partial charge in [0.25, 0.3) is 11.8 Å².